The second kappa shape index (κ2) is 8.52. The van der Waals surface area contributed by atoms with Gasteiger partial charge in [-0.3, -0.25) is 9.36 Å². The number of halogens is 1. The third-order valence-corrected chi connectivity index (χ3v) is 7.00. The van der Waals surface area contributed by atoms with Crippen LogP contribution in [0.15, 0.2) is 62.9 Å². The minimum absolute atomic E-state index is 0.0544. The van der Waals surface area contributed by atoms with Crippen LogP contribution >= 0.6 is 23.4 Å². The van der Waals surface area contributed by atoms with Crippen LogP contribution in [0.3, 0.4) is 0 Å². The topological polar surface area (TPSA) is 60.9 Å². The Balaban J connectivity index is 1.48. The molecule has 1 aliphatic carbocycles. The number of thioether (sulfide) groups is 1. The molecule has 7 heteroatoms. The lowest BCUT2D eigenvalue weighted by molar-refractivity contribution is 0.457. The van der Waals surface area contributed by atoms with Gasteiger partial charge in [0.1, 0.15) is 5.76 Å². The summed E-state index contributed by atoms with van der Waals surface area (Å²) in [6.07, 6.45) is 4.36. The molecule has 1 aliphatic rings. The molecule has 0 aliphatic heterocycles. The van der Waals surface area contributed by atoms with Crippen LogP contribution in [-0.2, 0) is 5.75 Å². The first-order chi connectivity index (χ1) is 15.1. The summed E-state index contributed by atoms with van der Waals surface area (Å²) in [4.78, 5) is 22.8. The van der Waals surface area contributed by atoms with Crippen LogP contribution in [-0.4, -0.2) is 14.5 Å². The number of benzene rings is 2. The SMILES string of the molecule is Cc1oc(-c2ccc(Cl)cc2)nc1CSc1nc2ccccc2c(=O)n1C1CCCC1. The highest BCUT2D eigenvalue weighted by Gasteiger charge is 2.23. The third kappa shape index (κ3) is 4.02. The van der Waals surface area contributed by atoms with Gasteiger partial charge in [-0.2, -0.15) is 0 Å². The molecule has 2 aromatic heterocycles. The molecule has 5 rings (SSSR count). The van der Waals surface area contributed by atoms with E-state index < -0.39 is 0 Å². The minimum atomic E-state index is 0.0544. The number of para-hydroxylation sites is 1. The van der Waals surface area contributed by atoms with E-state index in [1.807, 2.05) is 60.0 Å². The van der Waals surface area contributed by atoms with E-state index in [-0.39, 0.29) is 11.6 Å². The van der Waals surface area contributed by atoms with E-state index in [2.05, 4.69) is 0 Å². The molecule has 2 aromatic carbocycles. The Labute approximate surface area is 189 Å². The number of hydrogen-bond acceptors (Lipinski definition) is 5. The van der Waals surface area contributed by atoms with Crippen molar-refractivity contribution in [2.45, 2.75) is 49.6 Å². The normalized spacial score (nSPS) is 14.5. The van der Waals surface area contributed by atoms with Gasteiger partial charge < -0.3 is 4.42 Å². The number of nitrogens with zero attached hydrogens (tertiary/aromatic N) is 3. The van der Waals surface area contributed by atoms with Crippen molar-refractivity contribution in [3.05, 3.63) is 75.4 Å². The number of hydrogen-bond donors (Lipinski definition) is 0. The summed E-state index contributed by atoms with van der Waals surface area (Å²) in [5.41, 5.74) is 2.53. The first-order valence-electron chi connectivity index (χ1n) is 10.5. The van der Waals surface area contributed by atoms with Gasteiger partial charge >= 0.3 is 0 Å². The minimum Gasteiger partial charge on any atom is -0.441 e. The van der Waals surface area contributed by atoms with Crippen molar-refractivity contribution in [1.29, 1.82) is 0 Å². The second-order valence-corrected chi connectivity index (χ2v) is 9.22. The van der Waals surface area contributed by atoms with Gasteiger partial charge in [0.15, 0.2) is 5.16 Å². The van der Waals surface area contributed by atoms with E-state index in [9.17, 15) is 4.79 Å². The predicted octanol–water partition coefficient (Wildman–Crippen LogP) is 6.42. The van der Waals surface area contributed by atoms with Gasteiger partial charge in [-0.15, -0.1) is 0 Å². The summed E-state index contributed by atoms with van der Waals surface area (Å²) in [7, 11) is 0. The van der Waals surface area contributed by atoms with Gasteiger partial charge in [-0.05, 0) is 56.2 Å². The average molecular weight is 452 g/mol. The average Bonchev–Trinajstić information content (AvgIpc) is 3.43. The quantitative estimate of drug-likeness (QED) is 0.259. The molecular formula is C24H22ClN3O2S. The molecular weight excluding hydrogens is 430 g/mol. The summed E-state index contributed by atoms with van der Waals surface area (Å²) in [6, 6.07) is 15.2. The number of oxazole rings is 1. The Morgan fingerprint density at radius 2 is 1.84 bits per heavy atom. The maximum absolute atomic E-state index is 13.3. The zero-order chi connectivity index (χ0) is 21.4. The molecule has 0 spiro atoms. The highest BCUT2D eigenvalue weighted by atomic mass is 35.5. The van der Waals surface area contributed by atoms with Crippen molar-refractivity contribution in [3.8, 4) is 11.5 Å². The van der Waals surface area contributed by atoms with Crippen molar-refractivity contribution in [3.63, 3.8) is 0 Å². The summed E-state index contributed by atoms with van der Waals surface area (Å²) >= 11 is 7.54. The van der Waals surface area contributed by atoms with Crippen LogP contribution in [0.2, 0.25) is 5.02 Å². The molecule has 1 saturated carbocycles. The van der Waals surface area contributed by atoms with Crippen molar-refractivity contribution in [1.82, 2.24) is 14.5 Å². The van der Waals surface area contributed by atoms with Gasteiger partial charge in [0.2, 0.25) is 5.89 Å². The second-order valence-electron chi connectivity index (χ2n) is 7.84. The summed E-state index contributed by atoms with van der Waals surface area (Å²) in [5.74, 6) is 1.93. The fraction of sp³-hybridized carbons (Fsp3) is 0.292. The Morgan fingerprint density at radius 3 is 2.61 bits per heavy atom. The van der Waals surface area contributed by atoms with E-state index in [0.29, 0.717) is 22.1 Å². The molecule has 0 saturated heterocycles. The van der Waals surface area contributed by atoms with Gasteiger partial charge in [-0.1, -0.05) is 48.3 Å². The monoisotopic (exact) mass is 451 g/mol. The molecule has 0 bridgehead atoms. The molecule has 0 atom stereocenters. The fourth-order valence-electron chi connectivity index (χ4n) is 4.12. The van der Waals surface area contributed by atoms with E-state index in [1.54, 1.807) is 11.8 Å². The van der Waals surface area contributed by atoms with Crippen LogP contribution in [0, 0.1) is 6.92 Å². The van der Waals surface area contributed by atoms with Crippen molar-refractivity contribution in [2.24, 2.45) is 0 Å². The molecule has 0 amide bonds. The molecule has 0 unspecified atom stereocenters. The molecule has 0 radical (unpaired) electrons. The molecule has 158 valence electrons. The Bertz CT molecular complexity index is 1290. The third-order valence-electron chi connectivity index (χ3n) is 5.79. The zero-order valence-electron chi connectivity index (χ0n) is 17.2. The smallest absolute Gasteiger partial charge is 0.262 e. The largest absolute Gasteiger partial charge is 0.441 e. The van der Waals surface area contributed by atoms with E-state index in [4.69, 9.17) is 26.0 Å². The molecule has 2 heterocycles. The van der Waals surface area contributed by atoms with Crippen LogP contribution in [0.5, 0.6) is 0 Å². The number of aryl methyl sites for hydroxylation is 1. The first-order valence-corrected chi connectivity index (χ1v) is 11.8. The molecule has 5 nitrogen and oxygen atoms in total. The lowest BCUT2D eigenvalue weighted by atomic mass is 10.2. The maximum Gasteiger partial charge on any atom is 0.262 e. The lowest BCUT2D eigenvalue weighted by Crippen LogP contribution is -2.26. The Hall–Kier alpha value is -2.57. The van der Waals surface area contributed by atoms with Gasteiger partial charge in [0.05, 0.1) is 16.6 Å². The number of rotatable bonds is 5. The van der Waals surface area contributed by atoms with Gasteiger partial charge in [0, 0.05) is 22.4 Å². The van der Waals surface area contributed by atoms with E-state index >= 15 is 0 Å². The van der Waals surface area contributed by atoms with Crippen molar-refractivity contribution >= 4 is 34.3 Å². The predicted molar refractivity (Wildman–Crippen MR) is 125 cm³/mol. The molecule has 4 aromatic rings. The first kappa shape index (κ1) is 20.3. The zero-order valence-corrected chi connectivity index (χ0v) is 18.7. The van der Waals surface area contributed by atoms with Crippen LogP contribution in [0.1, 0.15) is 43.2 Å². The molecule has 0 N–H and O–H groups in total. The highest BCUT2D eigenvalue weighted by Crippen LogP contribution is 2.34. The Morgan fingerprint density at radius 1 is 1.10 bits per heavy atom. The van der Waals surface area contributed by atoms with Crippen LogP contribution in [0.4, 0.5) is 0 Å². The maximum atomic E-state index is 13.3. The van der Waals surface area contributed by atoms with E-state index in [1.165, 1.54) is 0 Å². The number of fused-ring (bicyclic) bond motifs is 1. The summed E-state index contributed by atoms with van der Waals surface area (Å²) in [6.45, 7) is 1.92. The van der Waals surface area contributed by atoms with E-state index in [0.717, 1.165) is 53.4 Å². The molecule has 31 heavy (non-hydrogen) atoms. The summed E-state index contributed by atoms with van der Waals surface area (Å²) in [5, 5.41) is 2.11. The number of aromatic nitrogens is 3. The van der Waals surface area contributed by atoms with Gasteiger partial charge in [-0.25, -0.2) is 9.97 Å². The lowest BCUT2D eigenvalue weighted by Gasteiger charge is -2.18. The standard InChI is InChI=1S/C24H22ClN3O2S/c1-15-21(26-22(30-15)16-10-12-17(25)13-11-16)14-31-24-27-20-9-5-4-8-19(20)23(29)28(24)18-6-2-3-7-18/h4-5,8-13,18H,2-3,6-7,14H2,1H3. The molecule has 1 fully saturated rings. The van der Waals surface area contributed by atoms with Crippen molar-refractivity contribution in [2.75, 3.05) is 0 Å². The summed E-state index contributed by atoms with van der Waals surface area (Å²) < 4.78 is 7.81. The fourth-order valence-corrected chi connectivity index (χ4v) is 5.32. The van der Waals surface area contributed by atoms with Crippen molar-refractivity contribution < 1.29 is 4.42 Å². The van der Waals surface area contributed by atoms with Crippen LogP contribution < -0.4 is 5.56 Å². The Kier molecular flexibility index (Phi) is 5.59. The highest BCUT2D eigenvalue weighted by molar-refractivity contribution is 7.98. The van der Waals surface area contributed by atoms with Gasteiger partial charge in [0.25, 0.3) is 5.56 Å². The van der Waals surface area contributed by atoms with Crippen LogP contribution in [0.25, 0.3) is 22.4 Å².